The molecule has 140 valence electrons. The summed E-state index contributed by atoms with van der Waals surface area (Å²) in [5, 5.41) is 16.1. The van der Waals surface area contributed by atoms with E-state index in [4.69, 9.17) is 16.6 Å². The lowest BCUT2D eigenvalue weighted by molar-refractivity contribution is 0.592. The molecule has 7 heteroatoms. The van der Waals surface area contributed by atoms with Gasteiger partial charge in [-0.05, 0) is 44.4 Å². The molecule has 1 unspecified atom stereocenters. The fraction of sp³-hybridized carbons (Fsp3) is 0.526. The fourth-order valence-corrected chi connectivity index (χ4v) is 3.30. The third-order valence-corrected chi connectivity index (χ3v) is 5.23. The van der Waals surface area contributed by atoms with E-state index in [0.29, 0.717) is 12.6 Å². The molecule has 0 bridgehead atoms. The van der Waals surface area contributed by atoms with Crippen molar-refractivity contribution in [3.05, 3.63) is 46.5 Å². The van der Waals surface area contributed by atoms with Crippen LogP contribution in [-0.2, 0) is 13.6 Å². The number of benzene rings is 1. The number of hydrogen-bond acceptors (Lipinski definition) is 3. The first-order valence-electron chi connectivity index (χ1n) is 9.21. The van der Waals surface area contributed by atoms with Gasteiger partial charge in [-0.15, -0.1) is 10.2 Å². The van der Waals surface area contributed by atoms with Crippen LogP contribution in [0.3, 0.4) is 0 Å². The normalized spacial score (nSPS) is 16.7. The lowest BCUT2D eigenvalue weighted by atomic mass is 10.1. The van der Waals surface area contributed by atoms with Crippen molar-refractivity contribution >= 4 is 17.6 Å². The van der Waals surface area contributed by atoms with E-state index in [0.717, 1.165) is 22.6 Å². The summed E-state index contributed by atoms with van der Waals surface area (Å²) in [6, 6.07) is 8.52. The third kappa shape index (κ3) is 4.75. The van der Waals surface area contributed by atoms with Crippen LogP contribution in [0.2, 0.25) is 5.02 Å². The average Bonchev–Trinajstić information content (AvgIpc) is 3.24. The van der Waals surface area contributed by atoms with Crippen molar-refractivity contribution in [2.24, 2.45) is 12.0 Å². The molecule has 1 aromatic heterocycles. The van der Waals surface area contributed by atoms with Crippen molar-refractivity contribution in [3.63, 3.8) is 0 Å². The summed E-state index contributed by atoms with van der Waals surface area (Å²) in [6.07, 6.45) is 4.94. The Hall–Kier alpha value is -2.08. The quantitative estimate of drug-likeness (QED) is 0.620. The highest BCUT2D eigenvalue weighted by molar-refractivity contribution is 6.30. The molecule has 0 amide bonds. The number of rotatable bonds is 5. The molecule has 0 saturated heterocycles. The first-order valence-corrected chi connectivity index (χ1v) is 9.58. The van der Waals surface area contributed by atoms with Crippen molar-refractivity contribution in [2.75, 3.05) is 0 Å². The maximum Gasteiger partial charge on any atom is 0.192 e. The van der Waals surface area contributed by atoms with Crippen LogP contribution in [0.1, 0.15) is 55.9 Å². The van der Waals surface area contributed by atoms with Crippen molar-refractivity contribution in [3.8, 4) is 0 Å². The Morgan fingerprint density at radius 3 is 2.58 bits per heavy atom. The van der Waals surface area contributed by atoms with Crippen molar-refractivity contribution in [1.29, 1.82) is 0 Å². The van der Waals surface area contributed by atoms with Crippen LogP contribution >= 0.6 is 11.6 Å². The maximum atomic E-state index is 6.00. The molecule has 2 aromatic rings. The zero-order valence-electron chi connectivity index (χ0n) is 15.7. The van der Waals surface area contributed by atoms with Crippen LogP contribution < -0.4 is 10.6 Å². The van der Waals surface area contributed by atoms with Gasteiger partial charge in [0.25, 0.3) is 0 Å². The fourth-order valence-electron chi connectivity index (χ4n) is 3.17. The molecule has 2 N–H and O–H groups in total. The van der Waals surface area contributed by atoms with Gasteiger partial charge in [0, 0.05) is 18.1 Å². The molecule has 3 rings (SSSR count). The van der Waals surface area contributed by atoms with Crippen LogP contribution in [0.4, 0.5) is 0 Å². The van der Waals surface area contributed by atoms with Gasteiger partial charge in [0.05, 0.1) is 6.04 Å². The number of guanidine groups is 1. The Kier molecular flexibility index (Phi) is 6.14. The molecule has 26 heavy (non-hydrogen) atoms. The predicted octanol–water partition coefficient (Wildman–Crippen LogP) is 3.52. The molecule has 1 fully saturated rings. The first kappa shape index (κ1) is 18.7. The number of nitrogens with one attached hydrogen (secondary N) is 2. The lowest BCUT2D eigenvalue weighted by Gasteiger charge is -2.21. The van der Waals surface area contributed by atoms with E-state index >= 15 is 0 Å². The molecule has 6 nitrogen and oxygen atoms in total. The molecule has 0 spiro atoms. The maximum absolute atomic E-state index is 6.00. The topological polar surface area (TPSA) is 67.1 Å². The van der Waals surface area contributed by atoms with Gasteiger partial charge in [0.1, 0.15) is 12.4 Å². The third-order valence-electron chi connectivity index (χ3n) is 4.98. The first-order chi connectivity index (χ1) is 12.5. The zero-order valence-corrected chi connectivity index (χ0v) is 16.4. The predicted molar refractivity (Wildman–Crippen MR) is 105 cm³/mol. The van der Waals surface area contributed by atoms with Gasteiger partial charge in [-0.3, -0.25) is 0 Å². The second kappa shape index (κ2) is 8.54. The van der Waals surface area contributed by atoms with E-state index in [9.17, 15) is 0 Å². The largest absolute Gasteiger partial charge is 0.354 e. The summed E-state index contributed by atoms with van der Waals surface area (Å²) in [5.41, 5.74) is 1.17. The number of aryl methyl sites for hydroxylation is 1. The van der Waals surface area contributed by atoms with Gasteiger partial charge >= 0.3 is 0 Å². The van der Waals surface area contributed by atoms with E-state index < -0.39 is 0 Å². The van der Waals surface area contributed by atoms with E-state index in [1.165, 1.54) is 31.2 Å². The summed E-state index contributed by atoms with van der Waals surface area (Å²) in [7, 11) is 1.97. The van der Waals surface area contributed by atoms with E-state index in [2.05, 4.69) is 27.8 Å². The Morgan fingerprint density at radius 1 is 1.27 bits per heavy atom. The SMILES string of the molecule is Cc1nnc(CN=C(NC2CCCC2)NC(C)c2ccc(Cl)cc2)n1C. The second-order valence-electron chi connectivity index (χ2n) is 6.93. The molecule has 0 radical (unpaired) electrons. The molecule has 0 aliphatic heterocycles. The van der Waals surface area contributed by atoms with Crippen molar-refractivity contribution in [1.82, 2.24) is 25.4 Å². The number of aromatic nitrogens is 3. The second-order valence-corrected chi connectivity index (χ2v) is 7.37. The van der Waals surface area contributed by atoms with Gasteiger partial charge in [-0.25, -0.2) is 4.99 Å². The molecule has 1 atom stereocenters. The number of aliphatic imine (C=N–C) groups is 1. The molecule has 1 aliphatic carbocycles. The molecular formula is C19H27ClN6. The summed E-state index contributed by atoms with van der Waals surface area (Å²) < 4.78 is 1.97. The Morgan fingerprint density at radius 2 is 1.96 bits per heavy atom. The standard InChI is InChI=1S/C19H27ClN6/c1-13(15-8-10-16(20)11-9-15)22-19(23-17-6-4-5-7-17)21-12-18-25-24-14(2)26(18)3/h8-11,13,17H,4-7,12H2,1-3H3,(H2,21,22,23). The van der Waals surface area contributed by atoms with Crippen molar-refractivity contribution in [2.45, 2.75) is 58.2 Å². The summed E-state index contributed by atoms with van der Waals surface area (Å²) >= 11 is 6.00. The van der Waals surface area contributed by atoms with Crippen molar-refractivity contribution < 1.29 is 0 Å². The van der Waals surface area contributed by atoms with E-state index in [1.54, 1.807) is 0 Å². The van der Waals surface area contributed by atoms with Crippen LogP contribution in [0.5, 0.6) is 0 Å². The number of hydrogen-bond donors (Lipinski definition) is 2. The average molecular weight is 375 g/mol. The lowest BCUT2D eigenvalue weighted by Crippen LogP contribution is -2.43. The Bertz CT molecular complexity index is 746. The Balaban J connectivity index is 1.72. The number of halogens is 1. The monoisotopic (exact) mass is 374 g/mol. The molecular weight excluding hydrogens is 348 g/mol. The van der Waals surface area contributed by atoms with Crippen LogP contribution in [0, 0.1) is 6.92 Å². The Labute approximate surface area is 160 Å². The number of nitrogens with zero attached hydrogens (tertiary/aromatic N) is 4. The van der Waals surface area contributed by atoms with Crippen LogP contribution in [0.25, 0.3) is 0 Å². The highest BCUT2D eigenvalue weighted by atomic mass is 35.5. The molecule has 1 heterocycles. The smallest absolute Gasteiger partial charge is 0.192 e. The zero-order chi connectivity index (χ0) is 18.5. The minimum atomic E-state index is 0.126. The van der Waals surface area contributed by atoms with Gasteiger partial charge in [-0.2, -0.15) is 0 Å². The summed E-state index contributed by atoms with van der Waals surface area (Å²) in [5.74, 6) is 2.57. The highest BCUT2D eigenvalue weighted by Gasteiger charge is 2.18. The minimum Gasteiger partial charge on any atom is -0.354 e. The van der Waals surface area contributed by atoms with Crippen LogP contribution in [-0.4, -0.2) is 26.8 Å². The molecule has 1 aromatic carbocycles. The highest BCUT2D eigenvalue weighted by Crippen LogP contribution is 2.19. The van der Waals surface area contributed by atoms with Gasteiger partial charge in [0.2, 0.25) is 0 Å². The summed E-state index contributed by atoms with van der Waals surface area (Å²) in [4.78, 5) is 4.76. The van der Waals surface area contributed by atoms with Crippen LogP contribution in [0.15, 0.2) is 29.3 Å². The van der Waals surface area contributed by atoms with Gasteiger partial charge in [-0.1, -0.05) is 36.6 Å². The summed E-state index contributed by atoms with van der Waals surface area (Å²) in [6.45, 7) is 4.56. The van der Waals surface area contributed by atoms with E-state index in [1.807, 2.05) is 42.8 Å². The minimum absolute atomic E-state index is 0.126. The van der Waals surface area contributed by atoms with E-state index in [-0.39, 0.29) is 6.04 Å². The molecule has 1 saturated carbocycles. The van der Waals surface area contributed by atoms with Gasteiger partial charge < -0.3 is 15.2 Å². The van der Waals surface area contributed by atoms with Gasteiger partial charge in [0.15, 0.2) is 11.8 Å². The molecule has 1 aliphatic rings.